The molecule has 0 aromatic heterocycles. The topological polar surface area (TPSA) is 52.6 Å². The summed E-state index contributed by atoms with van der Waals surface area (Å²) in [5.74, 6) is 0.0159. The predicted octanol–water partition coefficient (Wildman–Crippen LogP) is 0.746. The van der Waals surface area contributed by atoms with Crippen LogP contribution in [0.3, 0.4) is 0 Å². The van der Waals surface area contributed by atoms with Crippen molar-refractivity contribution in [2.45, 2.75) is 57.7 Å². The molecule has 0 spiro atoms. The van der Waals surface area contributed by atoms with Crippen LogP contribution in [0.1, 0.15) is 39.5 Å². The molecule has 0 saturated heterocycles. The monoisotopic (exact) mass is 228 g/mol. The number of carbonyl (C=O) groups excluding carboxylic acids is 1. The number of rotatable bonds is 4. The second-order valence-corrected chi connectivity index (χ2v) is 5.03. The van der Waals surface area contributed by atoms with Crippen molar-refractivity contribution in [2.24, 2.45) is 0 Å². The van der Waals surface area contributed by atoms with Crippen molar-refractivity contribution in [3.63, 3.8) is 0 Å². The minimum absolute atomic E-state index is 0.0159. The Morgan fingerprint density at radius 1 is 1.44 bits per heavy atom. The Kier molecular flexibility index (Phi) is 5.22. The summed E-state index contributed by atoms with van der Waals surface area (Å²) >= 11 is 0. The van der Waals surface area contributed by atoms with Crippen LogP contribution in [0.25, 0.3) is 0 Å². The predicted molar refractivity (Wildman–Crippen MR) is 64.2 cm³/mol. The third-order valence-corrected chi connectivity index (χ3v) is 3.35. The summed E-state index contributed by atoms with van der Waals surface area (Å²) in [5.41, 5.74) is 0. The lowest BCUT2D eigenvalue weighted by atomic mass is 9.92. The molecule has 0 aromatic carbocycles. The zero-order chi connectivity index (χ0) is 12.1. The summed E-state index contributed by atoms with van der Waals surface area (Å²) in [6, 6.07) is 0.323. The molecule has 2 atom stereocenters. The normalized spacial score (nSPS) is 26.1. The second-order valence-electron chi connectivity index (χ2n) is 5.03. The number of nitrogens with one attached hydrogen (secondary N) is 1. The highest BCUT2D eigenvalue weighted by Gasteiger charge is 2.24. The maximum absolute atomic E-state index is 11.7. The molecule has 1 aliphatic rings. The number of aliphatic hydroxyl groups excluding tert-OH is 1. The fourth-order valence-corrected chi connectivity index (χ4v) is 1.94. The smallest absolute Gasteiger partial charge is 0.234 e. The van der Waals surface area contributed by atoms with E-state index in [1.54, 1.807) is 0 Å². The van der Waals surface area contributed by atoms with Gasteiger partial charge in [0.15, 0.2) is 0 Å². The molecule has 2 N–H and O–H groups in total. The number of hydrogen-bond donors (Lipinski definition) is 2. The highest BCUT2D eigenvalue weighted by Crippen LogP contribution is 2.18. The SMILES string of the molecule is CC(C)N(C)CC(=O)N[C@@H]1CCCC[C@H]1O. The fourth-order valence-electron chi connectivity index (χ4n) is 1.94. The fraction of sp³-hybridized carbons (Fsp3) is 0.917. The average molecular weight is 228 g/mol. The van der Waals surface area contributed by atoms with Gasteiger partial charge in [-0.3, -0.25) is 9.69 Å². The first kappa shape index (κ1) is 13.5. The summed E-state index contributed by atoms with van der Waals surface area (Å²) in [6.07, 6.45) is 3.52. The van der Waals surface area contributed by atoms with Crippen molar-refractivity contribution >= 4 is 5.91 Å². The van der Waals surface area contributed by atoms with Crippen molar-refractivity contribution in [2.75, 3.05) is 13.6 Å². The van der Waals surface area contributed by atoms with E-state index < -0.39 is 0 Å². The number of nitrogens with zero attached hydrogens (tertiary/aromatic N) is 1. The van der Waals surface area contributed by atoms with Gasteiger partial charge in [0.2, 0.25) is 5.91 Å². The minimum atomic E-state index is -0.359. The number of likely N-dealkylation sites (N-methyl/N-ethyl adjacent to an activating group) is 1. The van der Waals surface area contributed by atoms with Crippen LogP contribution in [0.4, 0.5) is 0 Å². The standard InChI is InChI=1S/C12H24N2O2/c1-9(2)14(3)8-12(16)13-10-6-4-5-7-11(10)15/h9-11,15H,4-8H2,1-3H3,(H,13,16)/t10-,11-/m1/s1. The van der Waals surface area contributed by atoms with E-state index in [1.165, 1.54) is 0 Å². The van der Waals surface area contributed by atoms with Crippen LogP contribution >= 0.6 is 0 Å². The molecule has 1 fully saturated rings. The number of hydrogen-bond acceptors (Lipinski definition) is 3. The molecule has 1 amide bonds. The Morgan fingerprint density at radius 3 is 2.62 bits per heavy atom. The third kappa shape index (κ3) is 4.10. The Hall–Kier alpha value is -0.610. The molecular formula is C12H24N2O2. The summed E-state index contributed by atoms with van der Waals surface area (Å²) in [6.45, 7) is 4.52. The molecule has 0 aromatic rings. The van der Waals surface area contributed by atoms with Crippen molar-refractivity contribution in [3.8, 4) is 0 Å². The Morgan fingerprint density at radius 2 is 2.06 bits per heavy atom. The number of carbonyl (C=O) groups is 1. The van der Waals surface area contributed by atoms with E-state index in [-0.39, 0.29) is 18.1 Å². The van der Waals surface area contributed by atoms with Crippen molar-refractivity contribution in [1.82, 2.24) is 10.2 Å². The van der Waals surface area contributed by atoms with E-state index in [1.807, 2.05) is 11.9 Å². The van der Waals surface area contributed by atoms with E-state index >= 15 is 0 Å². The quantitative estimate of drug-likeness (QED) is 0.746. The molecule has 16 heavy (non-hydrogen) atoms. The lowest BCUT2D eigenvalue weighted by Crippen LogP contribution is -2.48. The maximum Gasteiger partial charge on any atom is 0.234 e. The van der Waals surface area contributed by atoms with Crippen LogP contribution in [-0.2, 0) is 4.79 Å². The van der Waals surface area contributed by atoms with Gasteiger partial charge in [0.05, 0.1) is 18.7 Å². The van der Waals surface area contributed by atoms with Crippen LogP contribution in [-0.4, -0.2) is 47.7 Å². The largest absolute Gasteiger partial charge is 0.391 e. The highest BCUT2D eigenvalue weighted by molar-refractivity contribution is 5.78. The lowest BCUT2D eigenvalue weighted by molar-refractivity contribution is -0.124. The van der Waals surface area contributed by atoms with Gasteiger partial charge >= 0.3 is 0 Å². The van der Waals surface area contributed by atoms with E-state index in [9.17, 15) is 9.90 Å². The molecule has 1 aliphatic carbocycles. The van der Waals surface area contributed by atoms with E-state index in [0.717, 1.165) is 25.7 Å². The van der Waals surface area contributed by atoms with Crippen LogP contribution in [0.15, 0.2) is 0 Å². The Balaban J connectivity index is 2.32. The van der Waals surface area contributed by atoms with Crippen LogP contribution in [0.2, 0.25) is 0 Å². The molecule has 0 heterocycles. The summed E-state index contributed by atoms with van der Waals surface area (Å²) in [7, 11) is 1.93. The van der Waals surface area contributed by atoms with Crippen LogP contribution < -0.4 is 5.32 Å². The molecule has 0 unspecified atom stereocenters. The zero-order valence-corrected chi connectivity index (χ0v) is 10.6. The minimum Gasteiger partial charge on any atom is -0.391 e. The van der Waals surface area contributed by atoms with Gasteiger partial charge in [0.25, 0.3) is 0 Å². The zero-order valence-electron chi connectivity index (χ0n) is 10.6. The van der Waals surface area contributed by atoms with Gasteiger partial charge < -0.3 is 10.4 Å². The molecule has 0 aliphatic heterocycles. The molecule has 94 valence electrons. The number of amides is 1. The van der Waals surface area contributed by atoms with Gasteiger partial charge in [-0.05, 0) is 33.7 Å². The summed E-state index contributed by atoms with van der Waals surface area (Å²) in [5, 5.41) is 12.7. The maximum atomic E-state index is 11.7. The molecular weight excluding hydrogens is 204 g/mol. The van der Waals surface area contributed by atoms with Gasteiger partial charge in [0, 0.05) is 6.04 Å². The first-order chi connectivity index (χ1) is 7.50. The van der Waals surface area contributed by atoms with E-state index in [4.69, 9.17) is 0 Å². The van der Waals surface area contributed by atoms with Crippen molar-refractivity contribution in [3.05, 3.63) is 0 Å². The lowest BCUT2D eigenvalue weighted by Gasteiger charge is -2.29. The van der Waals surface area contributed by atoms with Gasteiger partial charge in [-0.2, -0.15) is 0 Å². The first-order valence-electron chi connectivity index (χ1n) is 6.18. The average Bonchev–Trinajstić information content (AvgIpc) is 2.21. The summed E-state index contributed by atoms with van der Waals surface area (Å²) < 4.78 is 0. The molecule has 1 saturated carbocycles. The second kappa shape index (κ2) is 6.21. The number of aliphatic hydroxyl groups is 1. The van der Waals surface area contributed by atoms with Gasteiger partial charge in [-0.1, -0.05) is 12.8 Å². The first-order valence-corrected chi connectivity index (χ1v) is 6.18. The van der Waals surface area contributed by atoms with E-state index in [2.05, 4.69) is 19.2 Å². The molecule has 0 bridgehead atoms. The van der Waals surface area contributed by atoms with Crippen LogP contribution in [0, 0.1) is 0 Å². The molecule has 1 rings (SSSR count). The Labute approximate surface area is 98.0 Å². The van der Waals surface area contributed by atoms with Crippen LogP contribution in [0.5, 0.6) is 0 Å². The highest BCUT2D eigenvalue weighted by atomic mass is 16.3. The van der Waals surface area contributed by atoms with Crippen molar-refractivity contribution in [1.29, 1.82) is 0 Å². The molecule has 4 nitrogen and oxygen atoms in total. The summed E-state index contributed by atoms with van der Waals surface area (Å²) in [4.78, 5) is 13.7. The van der Waals surface area contributed by atoms with E-state index in [0.29, 0.717) is 12.6 Å². The molecule has 4 heteroatoms. The van der Waals surface area contributed by atoms with Gasteiger partial charge in [-0.15, -0.1) is 0 Å². The van der Waals surface area contributed by atoms with Crippen molar-refractivity contribution < 1.29 is 9.90 Å². The van der Waals surface area contributed by atoms with Gasteiger partial charge in [-0.25, -0.2) is 0 Å². The Bertz CT molecular complexity index is 231. The van der Waals surface area contributed by atoms with Gasteiger partial charge in [0.1, 0.15) is 0 Å². The molecule has 0 radical (unpaired) electrons. The third-order valence-electron chi connectivity index (χ3n) is 3.35.